The number of anilines is 1. The fourth-order valence-electron chi connectivity index (χ4n) is 1.12. The van der Waals surface area contributed by atoms with Crippen LogP contribution in [0.5, 0.6) is 0 Å². The van der Waals surface area contributed by atoms with Crippen molar-refractivity contribution in [3.8, 4) is 0 Å². The van der Waals surface area contributed by atoms with Crippen LogP contribution in [0.4, 0.5) is 10.1 Å². The first-order valence-electron chi connectivity index (χ1n) is 5.02. The molecule has 0 amide bonds. The second-order valence-electron chi connectivity index (χ2n) is 3.83. The van der Waals surface area contributed by atoms with Crippen molar-refractivity contribution in [3.05, 3.63) is 24.0 Å². The van der Waals surface area contributed by atoms with Crippen molar-refractivity contribution in [2.45, 2.75) is 11.8 Å². The molecule has 1 atom stereocenters. The van der Waals surface area contributed by atoms with Gasteiger partial charge in [0.1, 0.15) is 10.7 Å². The van der Waals surface area contributed by atoms with E-state index in [9.17, 15) is 12.8 Å². The van der Waals surface area contributed by atoms with Crippen molar-refractivity contribution >= 4 is 15.7 Å². The largest absolute Gasteiger partial charge is 0.399 e. The Morgan fingerprint density at radius 2 is 2.18 bits per heavy atom. The average Bonchev–Trinajstić information content (AvgIpc) is 2.29. The van der Waals surface area contributed by atoms with Gasteiger partial charge in [0, 0.05) is 18.8 Å². The van der Waals surface area contributed by atoms with Gasteiger partial charge in [0.2, 0.25) is 10.0 Å². The molecule has 7 heteroatoms. The highest BCUT2D eigenvalue weighted by Gasteiger charge is 2.19. The maximum atomic E-state index is 13.3. The molecule has 4 N–H and O–H groups in total. The second-order valence-corrected chi connectivity index (χ2v) is 5.56. The van der Waals surface area contributed by atoms with Gasteiger partial charge in [-0.3, -0.25) is 0 Å². The van der Waals surface area contributed by atoms with E-state index in [-0.39, 0.29) is 24.8 Å². The van der Waals surface area contributed by atoms with E-state index < -0.39 is 20.7 Å². The fraction of sp³-hybridized carbons (Fsp3) is 0.400. The molecule has 1 rings (SSSR count). The second kappa shape index (κ2) is 5.44. The van der Waals surface area contributed by atoms with Crippen molar-refractivity contribution in [1.29, 1.82) is 0 Å². The van der Waals surface area contributed by atoms with E-state index in [2.05, 4.69) is 4.72 Å². The van der Waals surface area contributed by atoms with Gasteiger partial charge >= 0.3 is 0 Å². The Morgan fingerprint density at radius 1 is 1.53 bits per heavy atom. The lowest BCUT2D eigenvalue weighted by Gasteiger charge is -2.11. The highest BCUT2D eigenvalue weighted by molar-refractivity contribution is 7.89. The summed E-state index contributed by atoms with van der Waals surface area (Å²) in [6.07, 6.45) is 0. The molecule has 0 radical (unpaired) electrons. The third-order valence-electron chi connectivity index (χ3n) is 2.18. The predicted octanol–water partition coefficient (Wildman–Crippen LogP) is 0.315. The first-order valence-corrected chi connectivity index (χ1v) is 6.50. The molecule has 0 aliphatic rings. The van der Waals surface area contributed by atoms with Crippen molar-refractivity contribution in [1.82, 2.24) is 4.72 Å². The Morgan fingerprint density at radius 3 is 2.76 bits per heavy atom. The van der Waals surface area contributed by atoms with Crippen LogP contribution < -0.4 is 10.5 Å². The fourth-order valence-corrected chi connectivity index (χ4v) is 2.40. The van der Waals surface area contributed by atoms with Gasteiger partial charge in [-0.2, -0.15) is 0 Å². The zero-order chi connectivity index (χ0) is 13.1. The summed E-state index contributed by atoms with van der Waals surface area (Å²) in [7, 11) is -3.93. The summed E-state index contributed by atoms with van der Waals surface area (Å²) in [6, 6.07) is 3.34. The lowest BCUT2D eigenvalue weighted by molar-refractivity contribution is 0.238. The van der Waals surface area contributed by atoms with Gasteiger partial charge < -0.3 is 10.8 Å². The molecule has 1 unspecified atom stereocenters. The Kier molecular flexibility index (Phi) is 4.44. The maximum absolute atomic E-state index is 13.3. The first kappa shape index (κ1) is 13.9. The molecule has 1 aromatic carbocycles. The minimum atomic E-state index is -3.93. The molecule has 0 aliphatic carbocycles. The predicted molar refractivity (Wildman–Crippen MR) is 62.3 cm³/mol. The Hall–Kier alpha value is -1.18. The molecule has 1 aromatic rings. The van der Waals surface area contributed by atoms with E-state index in [1.54, 1.807) is 6.92 Å². The highest BCUT2D eigenvalue weighted by atomic mass is 32.2. The number of halogens is 1. The van der Waals surface area contributed by atoms with Gasteiger partial charge in [-0.25, -0.2) is 17.5 Å². The van der Waals surface area contributed by atoms with E-state index in [1.807, 2.05) is 0 Å². The highest BCUT2D eigenvalue weighted by Crippen LogP contribution is 2.17. The smallest absolute Gasteiger partial charge is 0.243 e. The normalized spacial score (nSPS) is 13.6. The molecule has 17 heavy (non-hydrogen) atoms. The van der Waals surface area contributed by atoms with Gasteiger partial charge in [-0.05, 0) is 24.1 Å². The van der Waals surface area contributed by atoms with Crippen LogP contribution in [0.3, 0.4) is 0 Å². The lowest BCUT2D eigenvalue weighted by atomic mass is 10.2. The first-order chi connectivity index (χ1) is 7.86. The number of hydrogen-bond donors (Lipinski definition) is 3. The van der Waals surface area contributed by atoms with E-state index in [1.165, 1.54) is 6.07 Å². The van der Waals surface area contributed by atoms with Crippen LogP contribution in [-0.2, 0) is 10.0 Å². The zero-order valence-corrected chi connectivity index (χ0v) is 10.2. The van der Waals surface area contributed by atoms with Crippen molar-refractivity contribution in [2.75, 3.05) is 18.9 Å². The van der Waals surface area contributed by atoms with Crippen LogP contribution >= 0.6 is 0 Å². The number of nitrogens with one attached hydrogen (secondary N) is 1. The maximum Gasteiger partial charge on any atom is 0.243 e. The molecule has 5 nitrogen and oxygen atoms in total. The number of nitrogens with two attached hydrogens (primary N) is 1. The van der Waals surface area contributed by atoms with Gasteiger partial charge in [-0.15, -0.1) is 0 Å². The summed E-state index contributed by atoms with van der Waals surface area (Å²) >= 11 is 0. The number of sulfonamides is 1. The number of rotatable bonds is 5. The Balaban J connectivity index is 2.93. The minimum absolute atomic E-state index is 0.0348. The standard InChI is InChI=1S/C10H15FN2O3S/c1-7(6-14)5-13-17(15,16)10-4-8(12)2-3-9(10)11/h2-4,7,13-14H,5-6,12H2,1H3. The topological polar surface area (TPSA) is 92.4 Å². The zero-order valence-electron chi connectivity index (χ0n) is 9.35. The molecular formula is C10H15FN2O3S. The van der Waals surface area contributed by atoms with Gasteiger partial charge in [0.05, 0.1) is 0 Å². The number of hydrogen-bond acceptors (Lipinski definition) is 4. The molecule has 0 heterocycles. The summed E-state index contributed by atoms with van der Waals surface area (Å²) in [5.41, 5.74) is 5.58. The van der Waals surface area contributed by atoms with E-state index >= 15 is 0 Å². The van der Waals surface area contributed by atoms with Crippen LogP contribution in [0.2, 0.25) is 0 Å². The number of aliphatic hydroxyl groups is 1. The molecule has 0 fully saturated rings. The molecule has 0 bridgehead atoms. The average molecular weight is 262 g/mol. The van der Waals surface area contributed by atoms with Crippen molar-refractivity contribution in [2.24, 2.45) is 5.92 Å². The summed E-state index contributed by atoms with van der Waals surface area (Å²) in [5.74, 6) is -1.10. The van der Waals surface area contributed by atoms with Crippen LogP contribution in [0.25, 0.3) is 0 Å². The number of aliphatic hydroxyl groups excluding tert-OH is 1. The Labute approximate surface area is 99.5 Å². The Bertz CT molecular complexity index is 490. The van der Waals surface area contributed by atoms with Crippen LogP contribution in [0, 0.1) is 11.7 Å². The van der Waals surface area contributed by atoms with Gasteiger partial charge in [0.15, 0.2) is 0 Å². The minimum Gasteiger partial charge on any atom is -0.399 e. The van der Waals surface area contributed by atoms with E-state index in [0.29, 0.717) is 0 Å². The molecular weight excluding hydrogens is 247 g/mol. The number of nitrogen functional groups attached to an aromatic ring is 1. The SMILES string of the molecule is CC(CO)CNS(=O)(=O)c1cc(N)ccc1F. The quantitative estimate of drug-likeness (QED) is 0.666. The van der Waals surface area contributed by atoms with Crippen LogP contribution in [-0.4, -0.2) is 26.7 Å². The lowest BCUT2D eigenvalue weighted by Crippen LogP contribution is -2.30. The monoisotopic (exact) mass is 262 g/mol. The van der Waals surface area contributed by atoms with Crippen LogP contribution in [0.1, 0.15) is 6.92 Å². The summed E-state index contributed by atoms with van der Waals surface area (Å²) in [4.78, 5) is -0.484. The third-order valence-corrected chi connectivity index (χ3v) is 3.62. The van der Waals surface area contributed by atoms with E-state index in [0.717, 1.165) is 12.1 Å². The van der Waals surface area contributed by atoms with E-state index in [4.69, 9.17) is 10.8 Å². The molecule has 0 aromatic heterocycles. The van der Waals surface area contributed by atoms with Crippen molar-refractivity contribution in [3.63, 3.8) is 0 Å². The molecule has 0 saturated heterocycles. The molecule has 0 aliphatic heterocycles. The summed E-state index contributed by atoms with van der Waals surface area (Å²) in [6.45, 7) is 1.55. The van der Waals surface area contributed by atoms with Crippen molar-refractivity contribution < 1.29 is 17.9 Å². The molecule has 0 spiro atoms. The van der Waals surface area contributed by atoms with Crippen LogP contribution in [0.15, 0.2) is 23.1 Å². The van der Waals surface area contributed by atoms with Gasteiger partial charge in [0.25, 0.3) is 0 Å². The number of benzene rings is 1. The molecule has 0 saturated carbocycles. The third kappa shape index (κ3) is 3.65. The summed E-state index contributed by atoms with van der Waals surface area (Å²) in [5, 5.41) is 8.77. The molecule has 96 valence electrons. The summed E-state index contributed by atoms with van der Waals surface area (Å²) < 4.78 is 39.0. The van der Waals surface area contributed by atoms with Gasteiger partial charge in [-0.1, -0.05) is 6.92 Å².